The van der Waals surface area contributed by atoms with E-state index in [1.807, 2.05) is 6.07 Å². The van der Waals surface area contributed by atoms with Crippen LogP contribution in [0.5, 0.6) is 0 Å². The summed E-state index contributed by atoms with van der Waals surface area (Å²) < 4.78 is 2.58. The summed E-state index contributed by atoms with van der Waals surface area (Å²) >= 11 is 0. The van der Waals surface area contributed by atoms with Crippen LogP contribution in [0.25, 0.3) is 5.57 Å². The van der Waals surface area contributed by atoms with Gasteiger partial charge in [-0.3, -0.25) is 4.58 Å². The number of hydrogen-bond acceptors (Lipinski definition) is 0. The number of hydrogen-bond donors (Lipinski definition) is 0. The molecule has 0 radical (unpaired) electrons. The first-order valence-corrected chi connectivity index (χ1v) is 9.88. The number of rotatable bonds is 2. The first kappa shape index (κ1) is 20.3. The molecule has 0 atom stereocenters. The van der Waals surface area contributed by atoms with E-state index in [0.29, 0.717) is 0 Å². The normalized spacial score (nSPS) is 17.4. The largest absolute Gasteiger partial charge is 2.00 e. The van der Waals surface area contributed by atoms with E-state index in [2.05, 4.69) is 73.9 Å². The maximum atomic E-state index is 3.80. The maximum absolute atomic E-state index is 3.80. The van der Waals surface area contributed by atoms with Gasteiger partial charge in [-0.25, -0.2) is 0 Å². The van der Waals surface area contributed by atoms with Gasteiger partial charge in [-0.1, -0.05) is 38.0 Å². The van der Waals surface area contributed by atoms with Crippen molar-refractivity contribution in [2.75, 3.05) is 13.1 Å². The first-order chi connectivity index (χ1) is 12.5. The molecule has 0 aromatic heterocycles. The Morgan fingerprint density at radius 1 is 1.07 bits per heavy atom. The molecule has 138 valence electrons. The zero-order chi connectivity index (χ0) is 18.1. The van der Waals surface area contributed by atoms with Gasteiger partial charge in [0.1, 0.15) is 18.4 Å². The van der Waals surface area contributed by atoms with E-state index in [-0.39, 0.29) is 26.5 Å². The van der Waals surface area contributed by atoms with Crippen molar-refractivity contribution >= 4 is 5.57 Å². The average Bonchev–Trinajstić information content (AvgIpc) is 2.62. The van der Waals surface area contributed by atoms with Gasteiger partial charge in [0.05, 0.1) is 0 Å². The van der Waals surface area contributed by atoms with Crippen molar-refractivity contribution in [3.63, 3.8) is 0 Å². The fourth-order valence-electron chi connectivity index (χ4n) is 4.24. The predicted octanol–water partition coefficient (Wildman–Crippen LogP) is 3.47. The van der Waals surface area contributed by atoms with Crippen LogP contribution in [0.3, 0.4) is 0 Å². The second kappa shape index (κ2) is 8.27. The van der Waals surface area contributed by atoms with Crippen LogP contribution < -0.4 is 15.2 Å². The molecule has 2 aliphatic rings. The van der Waals surface area contributed by atoms with Gasteiger partial charge in [0.25, 0.3) is 0 Å². The predicted molar refractivity (Wildman–Crippen MR) is 108 cm³/mol. The Kier molecular flexibility index (Phi) is 6.21. The fourth-order valence-corrected chi connectivity index (χ4v) is 4.24. The van der Waals surface area contributed by atoms with Crippen LogP contribution in [0.4, 0.5) is 0 Å². The summed E-state index contributed by atoms with van der Waals surface area (Å²) in [4.78, 5) is 0. The summed E-state index contributed by atoms with van der Waals surface area (Å²) in [7, 11) is 0. The van der Waals surface area contributed by atoms with Gasteiger partial charge >= 0.3 is 21.1 Å². The number of allylic oxidation sites excluding steroid dienone is 1. The second-order valence-electron chi connectivity index (χ2n) is 8.55. The molecule has 2 aromatic carbocycles. The summed E-state index contributed by atoms with van der Waals surface area (Å²) in [5.41, 5.74) is 5.46. The zero-order valence-electron chi connectivity index (χ0n) is 16.6. The third kappa shape index (κ3) is 4.35. The topological polar surface area (TPSA) is 3.01 Å². The van der Waals surface area contributed by atoms with Crippen LogP contribution in [-0.4, -0.2) is 13.1 Å². The van der Waals surface area contributed by atoms with Crippen molar-refractivity contribution in [2.24, 2.45) is 5.41 Å². The van der Waals surface area contributed by atoms with Gasteiger partial charge in [-0.05, 0) is 18.3 Å². The summed E-state index contributed by atoms with van der Waals surface area (Å²) in [6.07, 6.45) is 10.6. The van der Waals surface area contributed by atoms with Crippen LogP contribution in [0.2, 0.25) is 0 Å². The average molecular weight is 526 g/mol. The quantitative estimate of drug-likeness (QED) is 0.417. The van der Waals surface area contributed by atoms with Crippen LogP contribution in [0, 0.1) is 17.6 Å². The van der Waals surface area contributed by atoms with Crippen LogP contribution in [-0.2, 0) is 33.9 Å². The van der Waals surface area contributed by atoms with Crippen molar-refractivity contribution in [1.29, 1.82) is 0 Å². The van der Waals surface area contributed by atoms with E-state index in [9.17, 15) is 0 Å². The molecule has 2 heterocycles. The van der Waals surface area contributed by atoms with E-state index >= 15 is 0 Å². The minimum Gasteiger partial charge on any atom is -0.269 e. The van der Waals surface area contributed by atoms with E-state index < -0.39 is 0 Å². The van der Waals surface area contributed by atoms with E-state index in [1.165, 1.54) is 59.6 Å². The van der Waals surface area contributed by atoms with Crippen molar-refractivity contribution < 1.29 is 21.1 Å². The Balaban J connectivity index is 0.00000210. The third-order valence-electron chi connectivity index (χ3n) is 5.49. The summed E-state index contributed by atoms with van der Waals surface area (Å²) in [6.45, 7) is 9.29. The van der Waals surface area contributed by atoms with Gasteiger partial charge in [0.2, 0.25) is 0 Å². The SMILES string of the molecule is CC(C)(C)/C(C=[C-]c1ccccc1)=c1/[c-]c2c3c(c1)CCC[N+]=3CCC2.[W+2]. The van der Waals surface area contributed by atoms with Gasteiger partial charge < -0.3 is 0 Å². The minimum absolute atomic E-state index is 0. The fraction of sp³-hybridized carbons (Fsp3) is 0.400. The number of benzene rings is 2. The summed E-state index contributed by atoms with van der Waals surface area (Å²) in [6, 6.07) is 16.6. The molecule has 27 heavy (non-hydrogen) atoms. The van der Waals surface area contributed by atoms with Crippen molar-refractivity contribution in [3.05, 3.63) is 81.9 Å². The maximum Gasteiger partial charge on any atom is 2.00 e. The van der Waals surface area contributed by atoms with Gasteiger partial charge in [0.15, 0.2) is 0 Å². The molecular formula is C25H28NW+. The summed E-state index contributed by atoms with van der Waals surface area (Å²) in [5, 5.41) is 2.76. The molecule has 2 aromatic rings. The van der Waals surface area contributed by atoms with E-state index in [1.54, 1.807) is 0 Å². The van der Waals surface area contributed by atoms with Crippen LogP contribution in [0.15, 0.2) is 42.5 Å². The Morgan fingerprint density at radius 3 is 2.48 bits per heavy atom. The third-order valence-corrected chi connectivity index (χ3v) is 5.49. The Labute approximate surface area is 177 Å². The Morgan fingerprint density at radius 2 is 1.78 bits per heavy atom. The molecule has 2 heteroatoms. The minimum atomic E-state index is 0. The zero-order valence-corrected chi connectivity index (χ0v) is 19.6. The molecule has 1 nitrogen and oxygen atoms in total. The summed E-state index contributed by atoms with van der Waals surface area (Å²) in [5.74, 6) is 0. The van der Waals surface area contributed by atoms with Gasteiger partial charge in [-0.15, -0.1) is 64.9 Å². The molecule has 0 saturated heterocycles. The Hall–Kier alpha value is -1.46. The van der Waals surface area contributed by atoms with Crippen molar-refractivity contribution in [1.82, 2.24) is 4.58 Å². The molecule has 2 aliphatic heterocycles. The molecule has 0 unspecified atom stereocenters. The van der Waals surface area contributed by atoms with Crippen LogP contribution >= 0.6 is 0 Å². The molecule has 0 spiro atoms. The van der Waals surface area contributed by atoms with E-state index in [4.69, 9.17) is 0 Å². The Bertz CT molecular complexity index is 923. The number of aryl methyl sites for hydroxylation is 2. The van der Waals surface area contributed by atoms with Gasteiger partial charge in [-0.2, -0.15) is 0 Å². The molecule has 0 amide bonds. The van der Waals surface area contributed by atoms with E-state index in [0.717, 1.165) is 12.0 Å². The molecule has 0 N–H and O–H groups in total. The van der Waals surface area contributed by atoms with Crippen molar-refractivity contribution in [2.45, 2.75) is 46.5 Å². The number of nitrogens with zero attached hydrogens (tertiary/aromatic N) is 1. The standard InChI is InChI=1S/C25H28N.W/c1-25(2,3)23(14-13-19-9-5-4-6-10-19)22-17-20-11-7-15-26-16-8-12-21(18-22)24(20)26;/h4-6,9-10,14,17H,7-8,11-12,15-16H2,1-3H3;/q-1;+2/b23-22+;. The molecule has 0 bridgehead atoms. The molecule has 0 saturated carbocycles. The first-order valence-electron chi connectivity index (χ1n) is 9.88. The van der Waals surface area contributed by atoms with Gasteiger partial charge in [0, 0.05) is 12.8 Å². The smallest absolute Gasteiger partial charge is 0.269 e. The monoisotopic (exact) mass is 526 g/mol. The molecule has 4 rings (SSSR count). The van der Waals surface area contributed by atoms with Crippen LogP contribution in [0.1, 0.15) is 50.3 Å². The second-order valence-corrected chi connectivity index (χ2v) is 8.55. The molecule has 0 fully saturated rings. The van der Waals surface area contributed by atoms with Crippen molar-refractivity contribution in [3.8, 4) is 0 Å². The molecule has 0 aliphatic carbocycles. The molecular weight excluding hydrogens is 498 g/mol.